The Kier molecular flexibility index (Phi) is 4.51. The Labute approximate surface area is 124 Å². The summed E-state index contributed by atoms with van der Waals surface area (Å²) in [6.07, 6.45) is 0.506. The van der Waals surface area contributed by atoms with E-state index in [1.165, 1.54) is 0 Å². The second-order valence-corrected chi connectivity index (χ2v) is 8.31. The SMILES string of the molecule is CC(C)(C)CC(=O)NCCn1[se]c2ccccc2c1=O. The zero-order chi connectivity index (χ0) is 14.8. The molecule has 0 fully saturated rings. The van der Waals surface area contributed by atoms with E-state index in [1.807, 2.05) is 48.6 Å². The molecule has 20 heavy (non-hydrogen) atoms. The van der Waals surface area contributed by atoms with Crippen molar-refractivity contribution in [2.75, 3.05) is 6.54 Å². The van der Waals surface area contributed by atoms with Crippen LogP contribution >= 0.6 is 0 Å². The van der Waals surface area contributed by atoms with Crippen molar-refractivity contribution >= 4 is 30.3 Å². The maximum absolute atomic E-state index is 12.1. The van der Waals surface area contributed by atoms with Gasteiger partial charge in [-0.2, -0.15) is 0 Å². The van der Waals surface area contributed by atoms with Crippen LogP contribution in [-0.4, -0.2) is 30.7 Å². The molecule has 0 bridgehead atoms. The molecule has 0 saturated heterocycles. The van der Waals surface area contributed by atoms with Crippen molar-refractivity contribution in [3.8, 4) is 0 Å². The zero-order valence-corrected chi connectivity index (χ0v) is 13.8. The van der Waals surface area contributed by atoms with Crippen LogP contribution in [0, 0.1) is 5.41 Å². The molecular formula is C15H20N2O2Se. The zero-order valence-electron chi connectivity index (χ0n) is 12.1. The van der Waals surface area contributed by atoms with Crippen molar-refractivity contribution in [1.29, 1.82) is 0 Å². The van der Waals surface area contributed by atoms with Crippen LogP contribution in [0.5, 0.6) is 0 Å². The number of fused-ring (bicyclic) bond motifs is 1. The minimum absolute atomic E-state index is 0.00623. The molecule has 0 saturated carbocycles. The second kappa shape index (κ2) is 5.98. The van der Waals surface area contributed by atoms with Crippen LogP contribution < -0.4 is 10.9 Å². The third kappa shape index (κ3) is 3.84. The fourth-order valence-electron chi connectivity index (χ4n) is 2.01. The monoisotopic (exact) mass is 340 g/mol. The molecule has 4 nitrogen and oxygen atoms in total. The van der Waals surface area contributed by atoms with E-state index < -0.39 is 0 Å². The van der Waals surface area contributed by atoms with Gasteiger partial charge in [0.2, 0.25) is 0 Å². The van der Waals surface area contributed by atoms with Crippen LogP contribution in [-0.2, 0) is 11.3 Å². The average molecular weight is 339 g/mol. The number of hydrogen-bond acceptors (Lipinski definition) is 2. The molecule has 0 spiro atoms. The van der Waals surface area contributed by atoms with E-state index in [2.05, 4.69) is 5.32 Å². The molecule has 0 aliphatic heterocycles. The average Bonchev–Trinajstić information content (AvgIpc) is 2.65. The number of aromatic nitrogens is 1. The van der Waals surface area contributed by atoms with Crippen molar-refractivity contribution in [3.63, 3.8) is 0 Å². The molecular weight excluding hydrogens is 319 g/mol. The normalized spacial score (nSPS) is 11.8. The van der Waals surface area contributed by atoms with Gasteiger partial charge in [-0.05, 0) is 0 Å². The van der Waals surface area contributed by atoms with Gasteiger partial charge in [-0.15, -0.1) is 0 Å². The van der Waals surface area contributed by atoms with Crippen molar-refractivity contribution < 1.29 is 4.79 Å². The summed E-state index contributed by atoms with van der Waals surface area (Å²) < 4.78 is 2.97. The van der Waals surface area contributed by atoms with Crippen molar-refractivity contribution in [2.45, 2.75) is 33.7 Å². The van der Waals surface area contributed by atoms with Gasteiger partial charge in [-0.1, -0.05) is 0 Å². The van der Waals surface area contributed by atoms with E-state index in [9.17, 15) is 9.59 Å². The van der Waals surface area contributed by atoms with Crippen LogP contribution in [0.2, 0.25) is 0 Å². The van der Waals surface area contributed by atoms with Crippen LogP contribution in [0.25, 0.3) is 9.65 Å². The molecule has 1 amide bonds. The summed E-state index contributed by atoms with van der Waals surface area (Å²) in [7, 11) is 0. The molecule has 0 aliphatic carbocycles. The Morgan fingerprint density at radius 3 is 2.65 bits per heavy atom. The first kappa shape index (κ1) is 15.1. The fourth-order valence-corrected chi connectivity index (χ4v) is 4.09. The van der Waals surface area contributed by atoms with Gasteiger partial charge >= 0.3 is 124 Å². The van der Waals surface area contributed by atoms with Gasteiger partial charge < -0.3 is 0 Å². The predicted octanol–water partition coefficient (Wildman–Crippen LogP) is 1.61. The number of nitrogens with zero attached hydrogens (tertiary/aromatic N) is 1. The first-order valence-electron chi connectivity index (χ1n) is 6.72. The number of carbonyl (C=O) groups is 1. The standard InChI is InChI=1S/C15H20N2O2Se/c1-15(2,3)10-13(18)16-8-9-17-14(19)11-6-4-5-7-12(11)20-17/h4-7H,8-10H2,1-3H3,(H,16,18). The third-order valence-electron chi connectivity index (χ3n) is 2.88. The number of nitrogens with one attached hydrogen (secondary N) is 1. The first-order valence-corrected chi connectivity index (χ1v) is 8.35. The summed E-state index contributed by atoms with van der Waals surface area (Å²) in [5.41, 5.74) is 0.0824. The predicted molar refractivity (Wildman–Crippen MR) is 82.2 cm³/mol. The van der Waals surface area contributed by atoms with E-state index in [0.29, 0.717) is 19.5 Å². The van der Waals surface area contributed by atoms with Crippen molar-refractivity contribution in [1.82, 2.24) is 8.88 Å². The van der Waals surface area contributed by atoms with E-state index in [0.717, 1.165) is 9.65 Å². The summed E-state index contributed by atoms with van der Waals surface area (Å²) in [6.45, 7) is 7.22. The summed E-state index contributed by atoms with van der Waals surface area (Å²) in [5, 5.41) is 3.70. The van der Waals surface area contributed by atoms with Crippen molar-refractivity contribution in [3.05, 3.63) is 34.6 Å². The molecule has 1 aromatic heterocycles. The topological polar surface area (TPSA) is 51.1 Å². The summed E-state index contributed by atoms with van der Waals surface area (Å²) >= 11 is 0.0441. The van der Waals surface area contributed by atoms with Gasteiger partial charge in [0.05, 0.1) is 0 Å². The molecule has 1 aromatic carbocycles. The van der Waals surface area contributed by atoms with Gasteiger partial charge in [0, 0.05) is 0 Å². The maximum atomic E-state index is 12.1. The van der Waals surface area contributed by atoms with E-state index >= 15 is 0 Å². The van der Waals surface area contributed by atoms with E-state index in [4.69, 9.17) is 0 Å². The minimum atomic E-state index is -0.00623. The summed E-state index contributed by atoms with van der Waals surface area (Å²) in [6, 6.07) is 7.73. The number of carbonyl (C=O) groups excluding carboxylic acids is 1. The molecule has 2 aromatic rings. The number of benzene rings is 1. The van der Waals surface area contributed by atoms with E-state index in [1.54, 1.807) is 0 Å². The van der Waals surface area contributed by atoms with Crippen LogP contribution in [0.1, 0.15) is 27.2 Å². The van der Waals surface area contributed by atoms with Gasteiger partial charge in [-0.25, -0.2) is 0 Å². The molecule has 0 radical (unpaired) electrons. The molecule has 0 unspecified atom stereocenters. The molecule has 0 aliphatic rings. The first-order chi connectivity index (χ1) is 9.37. The van der Waals surface area contributed by atoms with Gasteiger partial charge in [0.15, 0.2) is 0 Å². The number of hydrogen-bond donors (Lipinski definition) is 1. The fraction of sp³-hybridized carbons (Fsp3) is 0.467. The van der Waals surface area contributed by atoms with Crippen LogP contribution in [0.3, 0.4) is 0 Å². The Bertz CT molecular complexity index is 664. The molecule has 1 N–H and O–H groups in total. The number of rotatable bonds is 4. The van der Waals surface area contributed by atoms with E-state index in [-0.39, 0.29) is 31.6 Å². The Morgan fingerprint density at radius 2 is 2.00 bits per heavy atom. The molecule has 2 rings (SSSR count). The Balaban J connectivity index is 1.95. The van der Waals surface area contributed by atoms with Crippen molar-refractivity contribution in [2.24, 2.45) is 5.41 Å². The molecule has 1 heterocycles. The molecule has 5 heteroatoms. The quantitative estimate of drug-likeness (QED) is 0.861. The number of amides is 1. The van der Waals surface area contributed by atoms with Gasteiger partial charge in [0.1, 0.15) is 0 Å². The van der Waals surface area contributed by atoms with Crippen LogP contribution in [0.4, 0.5) is 0 Å². The van der Waals surface area contributed by atoms with Crippen LogP contribution in [0.15, 0.2) is 29.1 Å². The molecule has 108 valence electrons. The Morgan fingerprint density at radius 1 is 1.30 bits per heavy atom. The third-order valence-corrected chi connectivity index (χ3v) is 5.23. The summed E-state index contributed by atoms with van der Waals surface area (Å²) in [4.78, 5) is 23.9. The van der Waals surface area contributed by atoms with Gasteiger partial charge in [-0.3, -0.25) is 0 Å². The molecule has 0 atom stereocenters. The second-order valence-electron chi connectivity index (χ2n) is 6.08. The van der Waals surface area contributed by atoms with Gasteiger partial charge in [0.25, 0.3) is 0 Å². The Hall–Kier alpha value is -1.32. The summed E-state index contributed by atoms with van der Waals surface area (Å²) in [5.74, 6) is 0.0501.